The van der Waals surface area contributed by atoms with Gasteiger partial charge in [-0.1, -0.05) is 12.1 Å². The molecule has 0 bridgehead atoms. The van der Waals surface area contributed by atoms with Crippen molar-refractivity contribution in [2.24, 2.45) is 0 Å². The van der Waals surface area contributed by atoms with E-state index in [1.165, 1.54) is 10.7 Å². The van der Waals surface area contributed by atoms with E-state index in [-0.39, 0.29) is 18.9 Å². The lowest BCUT2D eigenvalue weighted by Crippen LogP contribution is -2.26. The molecular formula is C17H18FN3O2. The number of rotatable bonds is 4. The average molecular weight is 315 g/mol. The number of hydrogen-bond acceptors (Lipinski definition) is 4. The van der Waals surface area contributed by atoms with E-state index in [1.807, 2.05) is 6.07 Å². The van der Waals surface area contributed by atoms with Gasteiger partial charge < -0.3 is 4.74 Å². The summed E-state index contributed by atoms with van der Waals surface area (Å²) < 4.78 is 20.5. The first kappa shape index (κ1) is 16.7. The summed E-state index contributed by atoms with van der Waals surface area (Å²) in [6, 6.07) is 6.59. The maximum atomic E-state index is 13.9. The van der Waals surface area contributed by atoms with Crippen LogP contribution >= 0.6 is 0 Å². The smallest absolute Gasteiger partial charge is 0.328 e. The van der Waals surface area contributed by atoms with E-state index < -0.39 is 11.4 Å². The third-order valence-electron chi connectivity index (χ3n) is 3.00. The zero-order valence-electron chi connectivity index (χ0n) is 13.3. The van der Waals surface area contributed by atoms with E-state index in [9.17, 15) is 9.18 Å². The number of benzene rings is 1. The largest absolute Gasteiger partial charge is 0.459 e. The Morgan fingerprint density at radius 2 is 2.13 bits per heavy atom. The number of nitriles is 1. The molecular weight excluding hydrogens is 297 g/mol. The van der Waals surface area contributed by atoms with Crippen molar-refractivity contribution in [2.75, 3.05) is 0 Å². The van der Waals surface area contributed by atoms with E-state index in [4.69, 9.17) is 10.00 Å². The molecule has 2 aromatic rings. The molecule has 0 amide bonds. The van der Waals surface area contributed by atoms with Crippen LogP contribution in [-0.2, 0) is 22.5 Å². The molecule has 5 nitrogen and oxygen atoms in total. The normalized spacial score (nSPS) is 11.1. The number of ether oxygens (including phenoxy) is 1. The Labute approximate surface area is 134 Å². The molecule has 0 aliphatic heterocycles. The summed E-state index contributed by atoms with van der Waals surface area (Å²) in [5.41, 5.74) is 1.14. The fourth-order valence-corrected chi connectivity index (χ4v) is 2.06. The quantitative estimate of drug-likeness (QED) is 0.813. The van der Waals surface area contributed by atoms with Crippen molar-refractivity contribution >= 4 is 5.97 Å². The van der Waals surface area contributed by atoms with Crippen molar-refractivity contribution in [2.45, 2.75) is 39.3 Å². The molecule has 1 aromatic heterocycles. The van der Waals surface area contributed by atoms with Crippen molar-refractivity contribution in [3.05, 3.63) is 42.0 Å². The molecule has 0 spiro atoms. The van der Waals surface area contributed by atoms with Crippen LogP contribution in [0.5, 0.6) is 0 Å². The highest BCUT2D eigenvalue weighted by molar-refractivity contribution is 5.70. The van der Waals surface area contributed by atoms with Crippen LogP contribution in [0.15, 0.2) is 30.6 Å². The Morgan fingerprint density at radius 3 is 2.74 bits per heavy atom. The van der Waals surface area contributed by atoms with Gasteiger partial charge in [-0.25, -0.2) is 4.39 Å². The molecule has 0 atom stereocenters. The molecule has 2 rings (SSSR count). The average Bonchev–Trinajstić information content (AvgIpc) is 2.87. The van der Waals surface area contributed by atoms with Gasteiger partial charge >= 0.3 is 5.97 Å². The first-order chi connectivity index (χ1) is 10.8. The van der Waals surface area contributed by atoms with Crippen LogP contribution in [0.3, 0.4) is 0 Å². The molecule has 0 aliphatic rings. The topological polar surface area (TPSA) is 67.9 Å². The lowest BCUT2D eigenvalue weighted by atomic mass is 10.1. The second-order valence-corrected chi connectivity index (χ2v) is 6.15. The molecule has 0 fully saturated rings. The molecule has 1 aromatic carbocycles. The number of carbonyl (C=O) groups excluding carboxylic acids is 1. The molecule has 0 saturated heterocycles. The Hall–Kier alpha value is -2.68. The van der Waals surface area contributed by atoms with Crippen LogP contribution in [0, 0.1) is 17.1 Å². The summed E-state index contributed by atoms with van der Waals surface area (Å²) in [6.07, 6.45) is 3.25. The summed E-state index contributed by atoms with van der Waals surface area (Å²) >= 11 is 0. The second kappa shape index (κ2) is 6.61. The van der Waals surface area contributed by atoms with Crippen molar-refractivity contribution in [3.63, 3.8) is 0 Å². The summed E-state index contributed by atoms with van der Waals surface area (Å²) in [5, 5.41) is 12.7. The lowest BCUT2D eigenvalue weighted by molar-refractivity contribution is -0.155. The van der Waals surface area contributed by atoms with Gasteiger partial charge in [0.05, 0.1) is 18.7 Å². The monoisotopic (exact) mass is 315 g/mol. The van der Waals surface area contributed by atoms with Gasteiger partial charge in [0.2, 0.25) is 0 Å². The number of esters is 1. The van der Waals surface area contributed by atoms with Gasteiger partial charge in [0, 0.05) is 17.3 Å². The minimum atomic E-state index is -0.549. The molecule has 0 N–H and O–H groups in total. The molecule has 0 radical (unpaired) electrons. The third kappa shape index (κ3) is 4.65. The summed E-state index contributed by atoms with van der Waals surface area (Å²) in [7, 11) is 0. The first-order valence-electron chi connectivity index (χ1n) is 7.18. The minimum Gasteiger partial charge on any atom is -0.459 e. The Kier molecular flexibility index (Phi) is 4.80. The fourth-order valence-electron chi connectivity index (χ4n) is 2.06. The van der Waals surface area contributed by atoms with Crippen LogP contribution in [0.4, 0.5) is 4.39 Å². The number of aromatic nitrogens is 2. The highest BCUT2D eigenvalue weighted by Gasteiger charge is 2.17. The van der Waals surface area contributed by atoms with Gasteiger partial charge in [0.15, 0.2) is 0 Å². The highest BCUT2D eigenvalue weighted by atomic mass is 19.1. The Morgan fingerprint density at radius 1 is 1.39 bits per heavy atom. The summed E-state index contributed by atoms with van der Waals surface area (Å²) in [4.78, 5) is 11.8. The lowest BCUT2D eigenvalue weighted by Gasteiger charge is -2.19. The van der Waals surface area contributed by atoms with Gasteiger partial charge in [0.1, 0.15) is 18.0 Å². The fraction of sp³-hybridized carbons (Fsp3) is 0.353. The zero-order chi connectivity index (χ0) is 17.0. The van der Waals surface area contributed by atoms with Gasteiger partial charge in [-0.2, -0.15) is 10.4 Å². The summed E-state index contributed by atoms with van der Waals surface area (Å²) in [5.74, 6) is -0.813. The first-order valence-corrected chi connectivity index (χ1v) is 7.18. The van der Waals surface area contributed by atoms with E-state index in [0.717, 1.165) is 0 Å². The van der Waals surface area contributed by atoms with Crippen LogP contribution in [0.2, 0.25) is 0 Å². The number of halogens is 1. The van der Waals surface area contributed by atoms with Crippen LogP contribution < -0.4 is 0 Å². The molecule has 0 aliphatic carbocycles. The highest BCUT2D eigenvalue weighted by Crippen LogP contribution is 2.22. The van der Waals surface area contributed by atoms with Gasteiger partial charge in [-0.05, 0) is 32.4 Å². The van der Waals surface area contributed by atoms with Crippen molar-refractivity contribution < 1.29 is 13.9 Å². The maximum absolute atomic E-state index is 13.9. The third-order valence-corrected chi connectivity index (χ3v) is 3.00. The van der Waals surface area contributed by atoms with Crippen molar-refractivity contribution in [3.8, 4) is 17.2 Å². The molecule has 120 valence electrons. The van der Waals surface area contributed by atoms with E-state index in [0.29, 0.717) is 16.7 Å². The molecule has 0 unspecified atom stereocenters. The van der Waals surface area contributed by atoms with Gasteiger partial charge in [0.25, 0.3) is 0 Å². The minimum absolute atomic E-state index is 0.00767. The van der Waals surface area contributed by atoms with E-state index >= 15 is 0 Å². The predicted octanol–water partition coefficient (Wildman–Crippen LogP) is 3.10. The Balaban J connectivity index is 2.12. The molecule has 0 saturated carbocycles. The zero-order valence-corrected chi connectivity index (χ0v) is 13.3. The maximum Gasteiger partial charge on any atom is 0.328 e. The van der Waals surface area contributed by atoms with E-state index in [1.54, 1.807) is 45.3 Å². The van der Waals surface area contributed by atoms with Crippen LogP contribution in [-0.4, -0.2) is 21.4 Å². The van der Waals surface area contributed by atoms with Crippen LogP contribution in [0.25, 0.3) is 11.1 Å². The SMILES string of the molecule is CC(C)(C)OC(=O)Cn1cc(-c2ccc(CC#N)c(F)c2)cn1. The molecule has 23 heavy (non-hydrogen) atoms. The second-order valence-electron chi connectivity index (χ2n) is 6.15. The summed E-state index contributed by atoms with van der Waals surface area (Å²) in [6.45, 7) is 5.38. The number of nitrogens with zero attached hydrogens (tertiary/aromatic N) is 3. The van der Waals surface area contributed by atoms with Gasteiger partial charge in [-0.3, -0.25) is 9.48 Å². The Bertz CT molecular complexity index is 754. The van der Waals surface area contributed by atoms with Gasteiger partial charge in [-0.15, -0.1) is 0 Å². The number of carbonyl (C=O) groups is 1. The van der Waals surface area contributed by atoms with Crippen molar-refractivity contribution in [1.82, 2.24) is 9.78 Å². The molecule has 1 heterocycles. The molecule has 6 heteroatoms. The van der Waals surface area contributed by atoms with Crippen molar-refractivity contribution in [1.29, 1.82) is 5.26 Å². The van der Waals surface area contributed by atoms with E-state index in [2.05, 4.69) is 5.10 Å². The van der Waals surface area contributed by atoms with Crippen LogP contribution in [0.1, 0.15) is 26.3 Å². The number of hydrogen-bond donors (Lipinski definition) is 0. The predicted molar refractivity (Wildman–Crippen MR) is 82.8 cm³/mol. The standard InChI is InChI=1S/C17H18FN3O2/c1-17(2,3)23-16(22)11-21-10-14(9-20-21)13-5-4-12(6-7-19)15(18)8-13/h4-5,8-10H,6,11H2,1-3H3.